The zero-order valence-electron chi connectivity index (χ0n) is 10.9. The highest BCUT2D eigenvalue weighted by atomic mass is 16.5. The largest absolute Gasteiger partial charge is 0.504 e. The second kappa shape index (κ2) is 7.23. The average Bonchev–Trinajstić information content (AvgIpc) is 2.39. The van der Waals surface area contributed by atoms with Gasteiger partial charge in [-0.3, -0.25) is 0 Å². The first-order chi connectivity index (χ1) is 9.08. The van der Waals surface area contributed by atoms with Crippen LogP contribution < -0.4 is 10.1 Å². The van der Waals surface area contributed by atoms with E-state index in [1.54, 1.807) is 18.2 Å². The van der Waals surface area contributed by atoms with Gasteiger partial charge < -0.3 is 20.3 Å². The van der Waals surface area contributed by atoms with E-state index >= 15 is 0 Å². The summed E-state index contributed by atoms with van der Waals surface area (Å²) in [5.74, 6) is -0.696. The Morgan fingerprint density at radius 2 is 2.16 bits per heavy atom. The zero-order chi connectivity index (χ0) is 14.3. The first kappa shape index (κ1) is 14.8. The van der Waals surface area contributed by atoms with Crippen molar-refractivity contribution in [2.45, 2.75) is 0 Å². The fourth-order valence-corrected chi connectivity index (χ4v) is 1.50. The molecule has 0 bridgehead atoms. The highest BCUT2D eigenvalue weighted by molar-refractivity contribution is 5.85. The molecule has 19 heavy (non-hydrogen) atoms. The Morgan fingerprint density at radius 3 is 2.74 bits per heavy atom. The van der Waals surface area contributed by atoms with Crippen molar-refractivity contribution in [3.8, 4) is 11.5 Å². The Balaban J connectivity index is 3.14. The Kier molecular flexibility index (Phi) is 5.63. The van der Waals surface area contributed by atoms with Crippen LogP contribution in [0.25, 0.3) is 12.2 Å². The fourth-order valence-electron chi connectivity index (χ4n) is 1.50. The molecule has 0 radical (unpaired) electrons. The number of carbonyl (C=O) groups is 1. The molecule has 1 rings (SSSR count). The number of aromatic hydroxyl groups is 1. The third kappa shape index (κ3) is 4.48. The molecule has 5 nitrogen and oxygen atoms in total. The summed E-state index contributed by atoms with van der Waals surface area (Å²) < 4.78 is 5.06. The molecule has 0 saturated heterocycles. The van der Waals surface area contributed by atoms with E-state index in [1.165, 1.54) is 13.2 Å². The van der Waals surface area contributed by atoms with E-state index < -0.39 is 5.97 Å². The summed E-state index contributed by atoms with van der Waals surface area (Å²) >= 11 is 0. The number of methoxy groups -OCH3 is 1. The molecular weight excluding hydrogens is 246 g/mol. The maximum atomic E-state index is 10.5. The quantitative estimate of drug-likeness (QED) is 0.681. The number of benzene rings is 1. The number of hydrogen-bond acceptors (Lipinski definition) is 4. The van der Waals surface area contributed by atoms with Gasteiger partial charge in [-0.05, 0) is 30.8 Å². The average molecular weight is 263 g/mol. The van der Waals surface area contributed by atoms with Gasteiger partial charge in [0.15, 0.2) is 11.5 Å². The van der Waals surface area contributed by atoms with Crippen molar-refractivity contribution in [1.29, 1.82) is 0 Å². The predicted octanol–water partition coefficient (Wildman–Crippen LogP) is 1.73. The van der Waals surface area contributed by atoms with Crippen LogP contribution in [0.2, 0.25) is 0 Å². The van der Waals surface area contributed by atoms with Crippen LogP contribution in [0.4, 0.5) is 0 Å². The molecule has 0 aliphatic carbocycles. The van der Waals surface area contributed by atoms with Crippen LogP contribution in [-0.2, 0) is 4.79 Å². The second-order valence-corrected chi connectivity index (χ2v) is 3.79. The van der Waals surface area contributed by atoms with Crippen molar-refractivity contribution < 1.29 is 19.7 Å². The topological polar surface area (TPSA) is 78.8 Å². The van der Waals surface area contributed by atoms with Crippen LogP contribution in [0.5, 0.6) is 11.5 Å². The van der Waals surface area contributed by atoms with Gasteiger partial charge in [0.2, 0.25) is 0 Å². The number of nitrogens with one attached hydrogen (secondary N) is 1. The molecule has 0 aromatic heterocycles. The summed E-state index contributed by atoms with van der Waals surface area (Å²) in [4.78, 5) is 10.5. The van der Waals surface area contributed by atoms with Crippen molar-refractivity contribution in [1.82, 2.24) is 5.32 Å². The molecule has 0 amide bonds. The van der Waals surface area contributed by atoms with Crippen LogP contribution in [0.1, 0.15) is 11.1 Å². The summed E-state index contributed by atoms with van der Waals surface area (Å²) in [7, 11) is 3.26. The molecule has 0 heterocycles. The van der Waals surface area contributed by atoms with Crippen LogP contribution in [0.15, 0.2) is 24.3 Å². The van der Waals surface area contributed by atoms with Gasteiger partial charge in [0, 0.05) is 18.2 Å². The SMILES string of the molecule is CNCC=Cc1cc(C=CC(=O)O)cc(OC)c1O. The van der Waals surface area contributed by atoms with E-state index in [2.05, 4.69) is 5.32 Å². The van der Waals surface area contributed by atoms with Gasteiger partial charge in [-0.2, -0.15) is 0 Å². The lowest BCUT2D eigenvalue weighted by molar-refractivity contribution is -0.131. The maximum absolute atomic E-state index is 10.5. The van der Waals surface area contributed by atoms with Gasteiger partial charge in [0.05, 0.1) is 7.11 Å². The fraction of sp³-hybridized carbons (Fsp3) is 0.214. The molecule has 0 aliphatic heterocycles. The van der Waals surface area contributed by atoms with Gasteiger partial charge in [-0.15, -0.1) is 0 Å². The molecule has 0 saturated carbocycles. The van der Waals surface area contributed by atoms with Crippen molar-refractivity contribution >= 4 is 18.1 Å². The number of phenolic OH excluding ortho intramolecular Hbond substituents is 1. The smallest absolute Gasteiger partial charge is 0.328 e. The number of rotatable bonds is 6. The van der Waals surface area contributed by atoms with E-state index in [9.17, 15) is 9.90 Å². The number of phenols is 1. The van der Waals surface area contributed by atoms with Crippen LogP contribution in [0.3, 0.4) is 0 Å². The van der Waals surface area contributed by atoms with Crippen molar-refractivity contribution in [2.75, 3.05) is 20.7 Å². The molecule has 0 atom stereocenters. The number of likely N-dealkylation sites (N-methyl/N-ethyl adjacent to an activating group) is 1. The zero-order valence-corrected chi connectivity index (χ0v) is 10.9. The first-order valence-corrected chi connectivity index (χ1v) is 5.71. The molecule has 1 aromatic carbocycles. The van der Waals surface area contributed by atoms with Gasteiger partial charge in [-0.1, -0.05) is 12.2 Å². The van der Waals surface area contributed by atoms with Crippen molar-refractivity contribution in [3.63, 3.8) is 0 Å². The van der Waals surface area contributed by atoms with Gasteiger partial charge in [0.1, 0.15) is 0 Å². The number of ether oxygens (including phenoxy) is 1. The molecule has 0 aliphatic rings. The Labute approximate surface area is 111 Å². The Hall–Kier alpha value is -2.27. The van der Waals surface area contributed by atoms with Gasteiger partial charge >= 0.3 is 5.97 Å². The van der Waals surface area contributed by atoms with E-state index in [-0.39, 0.29) is 5.75 Å². The normalized spacial score (nSPS) is 11.3. The standard InChI is InChI=1S/C14H17NO4/c1-15-7-3-4-11-8-10(5-6-13(16)17)9-12(19-2)14(11)18/h3-6,8-9,15,18H,7H2,1-2H3,(H,16,17). The molecule has 102 valence electrons. The minimum atomic E-state index is -1.03. The minimum Gasteiger partial charge on any atom is -0.504 e. The number of carboxylic acid groups (broad SMARTS) is 1. The highest BCUT2D eigenvalue weighted by Crippen LogP contribution is 2.32. The van der Waals surface area contributed by atoms with E-state index in [0.717, 1.165) is 6.08 Å². The molecule has 0 spiro atoms. The predicted molar refractivity (Wildman–Crippen MR) is 74.3 cm³/mol. The molecule has 0 unspecified atom stereocenters. The maximum Gasteiger partial charge on any atom is 0.328 e. The Morgan fingerprint density at radius 1 is 1.42 bits per heavy atom. The monoisotopic (exact) mass is 263 g/mol. The minimum absolute atomic E-state index is 0.0299. The first-order valence-electron chi connectivity index (χ1n) is 5.71. The lowest BCUT2D eigenvalue weighted by atomic mass is 10.1. The molecule has 3 N–H and O–H groups in total. The lowest BCUT2D eigenvalue weighted by Crippen LogP contribution is -2.03. The van der Waals surface area contributed by atoms with Crippen LogP contribution in [0, 0.1) is 0 Å². The molecule has 1 aromatic rings. The molecule has 5 heteroatoms. The van der Waals surface area contributed by atoms with Gasteiger partial charge in [-0.25, -0.2) is 4.79 Å². The molecular formula is C14H17NO4. The third-order valence-electron chi connectivity index (χ3n) is 2.38. The number of aliphatic carboxylic acids is 1. The van der Waals surface area contributed by atoms with Crippen LogP contribution >= 0.6 is 0 Å². The van der Waals surface area contributed by atoms with E-state index in [4.69, 9.17) is 9.84 Å². The van der Waals surface area contributed by atoms with E-state index in [1.807, 2.05) is 13.1 Å². The summed E-state index contributed by atoms with van der Waals surface area (Å²) in [6.07, 6.45) is 6.07. The summed E-state index contributed by atoms with van der Waals surface area (Å²) in [5.41, 5.74) is 1.21. The van der Waals surface area contributed by atoms with Crippen molar-refractivity contribution in [2.24, 2.45) is 0 Å². The lowest BCUT2D eigenvalue weighted by Gasteiger charge is -2.08. The number of carboxylic acids is 1. The third-order valence-corrected chi connectivity index (χ3v) is 2.38. The second-order valence-electron chi connectivity index (χ2n) is 3.79. The van der Waals surface area contributed by atoms with E-state index in [0.29, 0.717) is 23.4 Å². The van der Waals surface area contributed by atoms with Gasteiger partial charge in [0.25, 0.3) is 0 Å². The summed E-state index contributed by atoms with van der Waals surface area (Å²) in [6, 6.07) is 3.26. The summed E-state index contributed by atoms with van der Waals surface area (Å²) in [5, 5.41) is 21.5. The highest BCUT2D eigenvalue weighted by Gasteiger charge is 2.07. The van der Waals surface area contributed by atoms with Crippen LogP contribution in [-0.4, -0.2) is 36.9 Å². The van der Waals surface area contributed by atoms with Crippen molar-refractivity contribution in [3.05, 3.63) is 35.4 Å². The molecule has 0 fully saturated rings. The summed E-state index contributed by atoms with van der Waals surface area (Å²) in [6.45, 7) is 0.664. The number of hydrogen-bond donors (Lipinski definition) is 3. The Bertz CT molecular complexity index is 506.